The first kappa shape index (κ1) is 15.6. The molecule has 3 aromatic rings. The molecule has 2 amide bonds. The Labute approximate surface area is 147 Å². The number of nitrogens with zero attached hydrogens (tertiary/aromatic N) is 2. The molecule has 0 spiro atoms. The second kappa shape index (κ2) is 6.93. The number of hydrogen-bond donors (Lipinski definition) is 1. The summed E-state index contributed by atoms with van der Waals surface area (Å²) < 4.78 is 0. The van der Waals surface area contributed by atoms with Crippen LogP contribution < -0.4 is 5.32 Å². The molecule has 126 valence electrons. The SMILES string of the molecule is O=C(NCc1cccc2ccccc12)N1CCC(c2cccnc2)C1. The molecule has 0 radical (unpaired) electrons. The Morgan fingerprint density at radius 2 is 2.00 bits per heavy atom. The maximum atomic E-state index is 12.5. The van der Waals surface area contributed by atoms with Gasteiger partial charge in [0.2, 0.25) is 0 Å². The van der Waals surface area contributed by atoms with Crippen molar-refractivity contribution in [2.24, 2.45) is 0 Å². The third kappa shape index (κ3) is 3.33. The van der Waals surface area contributed by atoms with Crippen LogP contribution in [0, 0.1) is 0 Å². The zero-order valence-electron chi connectivity index (χ0n) is 14.1. The summed E-state index contributed by atoms with van der Waals surface area (Å²) in [4.78, 5) is 18.6. The van der Waals surface area contributed by atoms with Gasteiger partial charge in [-0.2, -0.15) is 0 Å². The molecule has 1 unspecified atom stereocenters. The van der Waals surface area contributed by atoms with Gasteiger partial charge in [0, 0.05) is 37.9 Å². The number of pyridine rings is 1. The largest absolute Gasteiger partial charge is 0.334 e. The molecule has 4 nitrogen and oxygen atoms in total. The molecule has 1 aliphatic rings. The van der Waals surface area contributed by atoms with Gasteiger partial charge in [-0.15, -0.1) is 0 Å². The molecule has 25 heavy (non-hydrogen) atoms. The van der Waals surface area contributed by atoms with E-state index in [9.17, 15) is 4.79 Å². The molecule has 1 fully saturated rings. The first-order chi connectivity index (χ1) is 12.3. The summed E-state index contributed by atoms with van der Waals surface area (Å²) in [6.45, 7) is 2.10. The summed E-state index contributed by atoms with van der Waals surface area (Å²) in [6.07, 6.45) is 4.68. The van der Waals surface area contributed by atoms with Crippen molar-refractivity contribution in [1.29, 1.82) is 0 Å². The van der Waals surface area contributed by atoms with E-state index in [2.05, 4.69) is 40.6 Å². The van der Waals surface area contributed by atoms with Crippen LogP contribution >= 0.6 is 0 Å². The molecule has 1 atom stereocenters. The van der Waals surface area contributed by atoms with Crippen molar-refractivity contribution in [3.05, 3.63) is 78.1 Å². The summed E-state index contributed by atoms with van der Waals surface area (Å²) in [5, 5.41) is 5.47. The van der Waals surface area contributed by atoms with E-state index in [1.54, 1.807) is 6.20 Å². The fourth-order valence-corrected chi connectivity index (χ4v) is 3.56. The molecule has 1 aliphatic heterocycles. The van der Waals surface area contributed by atoms with E-state index in [4.69, 9.17) is 0 Å². The molecule has 0 bridgehead atoms. The van der Waals surface area contributed by atoms with Crippen molar-refractivity contribution in [1.82, 2.24) is 15.2 Å². The normalized spacial score (nSPS) is 17.0. The second-order valence-electron chi connectivity index (χ2n) is 6.51. The van der Waals surface area contributed by atoms with Crippen LogP contribution in [0.1, 0.15) is 23.5 Å². The lowest BCUT2D eigenvalue weighted by Gasteiger charge is -2.18. The third-order valence-corrected chi connectivity index (χ3v) is 4.94. The number of aromatic nitrogens is 1. The minimum absolute atomic E-state index is 0.0133. The number of nitrogens with one attached hydrogen (secondary N) is 1. The molecule has 0 saturated carbocycles. The van der Waals surface area contributed by atoms with Gasteiger partial charge in [-0.1, -0.05) is 48.5 Å². The minimum atomic E-state index is 0.0133. The lowest BCUT2D eigenvalue weighted by atomic mass is 10.0. The average molecular weight is 331 g/mol. The molecule has 4 heteroatoms. The van der Waals surface area contributed by atoms with Gasteiger partial charge < -0.3 is 10.2 Å². The van der Waals surface area contributed by atoms with E-state index in [0.29, 0.717) is 12.5 Å². The highest BCUT2D eigenvalue weighted by atomic mass is 16.2. The van der Waals surface area contributed by atoms with E-state index < -0.39 is 0 Å². The Hall–Kier alpha value is -2.88. The topological polar surface area (TPSA) is 45.2 Å². The number of rotatable bonds is 3. The number of fused-ring (bicyclic) bond motifs is 1. The molecule has 1 saturated heterocycles. The number of benzene rings is 2. The Morgan fingerprint density at radius 3 is 2.88 bits per heavy atom. The predicted octanol–water partition coefficient (Wildman–Crippen LogP) is 3.93. The number of carbonyl (C=O) groups excluding carboxylic acids is 1. The van der Waals surface area contributed by atoms with Crippen molar-refractivity contribution in [2.75, 3.05) is 13.1 Å². The van der Waals surface area contributed by atoms with Gasteiger partial charge in [-0.05, 0) is 34.4 Å². The van der Waals surface area contributed by atoms with Crippen LogP contribution in [0.25, 0.3) is 10.8 Å². The number of urea groups is 1. The van der Waals surface area contributed by atoms with Gasteiger partial charge in [-0.25, -0.2) is 4.79 Å². The van der Waals surface area contributed by atoms with Gasteiger partial charge in [0.1, 0.15) is 0 Å². The molecule has 4 rings (SSSR count). The lowest BCUT2D eigenvalue weighted by Crippen LogP contribution is -2.38. The van der Waals surface area contributed by atoms with Gasteiger partial charge in [-0.3, -0.25) is 4.98 Å². The molecular weight excluding hydrogens is 310 g/mol. The highest BCUT2D eigenvalue weighted by molar-refractivity contribution is 5.86. The highest BCUT2D eigenvalue weighted by Gasteiger charge is 2.27. The summed E-state index contributed by atoms with van der Waals surface area (Å²) in [6, 6.07) is 18.5. The zero-order chi connectivity index (χ0) is 17.1. The molecule has 2 heterocycles. The number of amides is 2. The van der Waals surface area contributed by atoms with Crippen LogP contribution in [-0.2, 0) is 6.54 Å². The van der Waals surface area contributed by atoms with Gasteiger partial charge in [0.15, 0.2) is 0 Å². The van der Waals surface area contributed by atoms with Crippen molar-refractivity contribution < 1.29 is 4.79 Å². The van der Waals surface area contributed by atoms with E-state index in [1.165, 1.54) is 16.3 Å². The van der Waals surface area contributed by atoms with E-state index in [1.807, 2.05) is 35.4 Å². The summed E-state index contributed by atoms with van der Waals surface area (Å²) in [5.41, 5.74) is 2.36. The minimum Gasteiger partial charge on any atom is -0.334 e. The number of likely N-dealkylation sites (tertiary alicyclic amines) is 1. The van der Waals surface area contributed by atoms with Crippen molar-refractivity contribution in [3.8, 4) is 0 Å². The predicted molar refractivity (Wildman–Crippen MR) is 99.4 cm³/mol. The fourth-order valence-electron chi connectivity index (χ4n) is 3.56. The summed E-state index contributed by atoms with van der Waals surface area (Å²) in [5.74, 6) is 0.386. The van der Waals surface area contributed by atoms with E-state index >= 15 is 0 Å². The van der Waals surface area contributed by atoms with Crippen molar-refractivity contribution >= 4 is 16.8 Å². The first-order valence-corrected chi connectivity index (χ1v) is 8.70. The smallest absolute Gasteiger partial charge is 0.317 e. The average Bonchev–Trinajstić information content (AvgIpc) is 3.17. The van der Waals surface area contributed by atoms with Crippen LogP contribution in [0.2, 0.25) is 0 Å². The summed E-state index contributed by atoms with van der Waals surface area (Å²) in [7, 11) is 0. The zero-order valence-corrected chi connectivity index (χ0v) is 14.1. The Bertz CT molecular complexity index is 873. The van der Waals surface area contributed by atoms with E-state index in [0.717, 1.165) is 25.1 Å². The quantitative estimate of drug-likeness (QED) is 0.790. The second-order valence-corrected chi connectivity index (χ2v) is 6.51. The van der Waals surface area contributed by atoms with Gasteiger partial charge in [0.05, 0.1) is 0 Å². The Balaban J connectivity index is 1.39. The molecule has 1 aromatic heterocycles. The van der Waals surface area contributed by atoms with Crippen LogP contribution in [0.5, 0.6) is 0 Å². The lowest BCUT2D eigenvalue weighted by molar-refractivity contribution is 0.208. The Morgan fingerprint density at radius 1 is 1.12 bits per heavy atom. The summed E-state index contributed by atoms with van der Waals surface area (Å²) >= 11 is 0. The van der Waals surface area contributed by atoms with Crippen LogP contribution in [0.15, 0.2) is 67.0 Å². The standard InChI is InChI=1S/C21H21N3O/c25-21(24-12-10-19(15-24)17-8-4-11-22-13-17)23-14-18-7-3-6-16-5-1-2-9-20(16)18/h1-9,11,13,19H,10,12,14-15H2,(H,23,25). The van der Waals surface area contributed by atoms with Crippen LogP contribution in [-0.4, -0.2) is 29.0 Å². The fraction of sp³-hybridized carbons (Fsp3) is 0.238. The monoisotopic (exact) mass is 331 g/mol. The van der Waals surface area contributed by atoms with Crippen LogP contribution in [0.4, 0.5) is 4.79 Å². The maximum Gasteiger partial charge on any atom is 0.317 e. The Kier molecular flexibility index (Phi) is 4.34. The molecule has 2 aromatic carbocycles. The number of carbonyl (C=O) groups is 1. The van der Waals surface area contributed by atoms with E-state index in [-0.39, 0.29) is 6.03 Å². The third-order valence-electron chi connectivity index (χ3n) is 4.94. The van der Waals surface area contributed by atoms with Crippen LogP contribution in [0.3, 0.4) is 0 Å². The molecule has 1 N–H and O–H groups in total. The molecule has 0 aliphatic carbocycles. The van der Waals surface area contributed by atoms with Gasteiger partial charge >= 0.3 is 6.03 Å². The highest BCUT2D eigenvalue weighted by Crippen LogP contribution is 2.26. The first-order valence-electron chi connectivity index (χ1n) is 8.70. The van der Waals surface area contributed by atoms with Crippen molar-refractivity contribution in [2.45, 2.75) is 18.9 Å². The maximum absolute atomic E-state index is 12.5. The van der Waals surface area contributed by atoms with Gasteiger partial charge in [0.25, 0.3) is 0 Å². The van der Waals surface area contributed by atoms with Crippen molar-refractivity contribution in [3.63, 3.8) is 0 Å². The molecular formula is C21H21N3O. The number of hydrogen-bond acceptors (Lipinski definition) is 2.